The maximum atomic E-state index is 12.4. The van der Waals surface area contributed by atoms with Crippen LogP contribution in [0.1, 0.15) is 29.3 Å². The number of benzene rings is 2. The van der Waals surface area contributed by atoms with Crippen molar-refractivity contribution in [1.82, 2.24) is 14.5 Å². The van der Waals surface area contributed by atoms with Crippen LogP contribution in [0.5, 0.6) is 5.75 Å². The van der Waals surface area contributed by atoms with Crippen LogP contribution in [0, 0.1) is 13.8 Å². The van der Waals surface area contributed by atoms with Crippen molar-refractivity contribution >= 4 is 16.9 Å². The summed E-state index contributed by atoms with van der Waals surface area (Å²) in [5.74, 6) is 2.14. The van der Waals surface area contributed by atoms with Gasteiger partial charge in [0.2, 0.25) is 5.91 Å². The molecule has 4 rings (SSSR count). The first-order valence-electron chi connectivity index (χ1n) is 10.1. The van der Waals surface area contributed by atoms with Gasteiger partial charge in [0.1, 0.15) is 18.2 Å². The highest BCUT2D eigenvalue weighted by Gasteiger charge is 2.33. The number of para-hydroxylation sites is 2. The van der Waals surface area contributed by atoms with Crippen molar-refractivity contribution in [2.24, 2.45) is 0 Å². The number of carbonyl (C=O) groups excluding carboxylic acids is 1. The summed E-state index contributed by atoms with van der Waals surface area (Å²) >= 11 is 0. The van der Waals surface area contributed by atoms with E-state index < -0.39 is 0 Å². The van der Waals surface area contributed by atoms with E-state index in [0.29, 0.717) is 32.7 Å². The molecule has 1 aliphatic rings. The van der Waals surface area contributed by atoms with Crippen LogP contribution < -0.4 is 4.74 Å². The number of nitrogens with zero attached hydrogens (tertiary/aromatic N) is 3. The van der Waals surface area contributed by atoms with E-state index in [1.165, 1.54) is 5.56 Å². The Kier molecular flexibility index (Phi) is 5.38. The van der Waals surface area contributed by atoms with Crippen molar-refractivity contribution < 1.29 is 9.53 Å². The van der Waals surface area contributed by atoms with E-state index in [0.717, 1.165) is 28.2 Å². The van der Waals surface area contributed by atoms with Gasteiger partial charge in [0.25, 0.3) is 0 Å². The fourth-order valence-electron chi connectivity index (χ4n) is 4.13. The fraction of sp³-hybridized carbons (Fsp3) is 0.333. The summed E-state index contributed by atoms with van der Waals surface area (Å²) < 4.78 is 8.29. The van der Waals surface area contributed by atoms with E-state index in [2.05, 4.69) is 43.2 Å². The van der Waals surface area contributed by atoms with E-state index in [1.54, 1.807) is 6.08 Å². The van der Waals surface area contributed by atoms with Gasteiger partial charge in [-0.2, -0.15) is 0 Å². The van der Waals surface area contributed by atoms with Gasteiger partial charge in [0.05, 0.1) is 17.6 Å². The average molecular weight is 389 g/mol. The maximum Gasteiger partial charge on any atom is 0.223 e. The minimum Gasteiger partial charge on any atom is -0.491 e. The topological polar surface area (TPSA) is 47.4 Å². The zero-order valence-electron chi connectivity index (χ0n) is 17.1. The molecular weight excluding hydrogens is 362 g/mol. The number of ether oxygens (including phenoxy) is 1. The number of aryl methyl sites for hydroxylation is 2. The Morgan fingerprint density at radius 3 is 2.86 bits per heavy atom. The summed E-state index contributed by atoms with van der Waals surface area (Å²) in [4.78, 5) is 19.1. The third kappa shape index (κ3) is 3.90. The van der Waals surface area contributed by atoms with E-state index in [1.807, 2.05) is 29.2 Å². The molecule has 1 atom stereocenters. The summed E-state index contributed by atoms with van der Waals surface area (Å²) in [5, 5.41) is 0. The molecule has 1 amide bonds. The Morgan fingerprint density at radius 1 is 1.24 bits per heavy atom. The Bertz CT molecular complexity index is 1050. The monoisotopic (exact) mass is 389 g/mol. The minimum absolute atomic E-state index is 0.0935. The predicted octanol–water partition coefficient (Wildman–Crippen LogP) is 4.23. The average Bonchev–Trinajstić information content (AvgIpc) is 3.25. The molecule has 2 aromatic carbocycles. The van der Waals surface area contributed by atoms with Gasteiger partial charge in [0.15, 0.2) is 0 Å². The van der Waals surface area contributed by atoms with Gasteiger partial charge < -0.3 is 14.2 Å². The van der Waals surface area contributed by atoms with Gasteiger partial charge >= 0.3 is 0 Å². The van der Waals surface area contributed by atoms with Gasteiger partial charge in [-0.25, -0.2) is 4.98 Å². The number of amides is 1. The van der Waals surface area contributed by atoms with Crippen molar-refractivity contribution in [3.05, 3.63) is 72.1 Å². The molecule has 29 heavy (non-hydrogen) atoms. The quantitative estimate of drug-likeness (QED) is 0.568. The molecule has 0 unspecified atom stereocenters. The zero-order chi connectivity index (χ0) is 20.4. The van der Waals surface area contributed by atoms with Crippen LogP contribution in [0.15, 0.2) is 55.1 Å². The second kappa shape index (κ2) is 8.11. The standard InChI is InChI=1S/C24H27N3O2/c1-4-11-26-16-19(15-23(26)28)24-25-20-7-5-6-8-21(20)27(24)12-13-29-22-10-9-17(2)14-18(22)3/h4-10,14,19H,1,11-13,15-16H2,2-3H3/t19-/m1/s1. The lowest BCUT2D eigenvalue weighted by Crippen LogP contribution is -2.25. The molecule has 5 heteroatoms. The van der Waals surface area contributed by atoms with E-state index in [-0.39, 0.29) is 11.8 Å². The number of aromatic nitrogens is 2. The third-order valence-electron chi connectivity index (χ3n) is 5.52. The molecule has 1 aromatic heterocycles. The number of rotatable bonds is 7. The molecule has 1 saturated heterocycles. The van der Waals surface area contributed by atoms with E-state index in [9.17, 15) is 4.79 Å². The van der Waals surface area contributed by atoms with Gasteiger partial charge in [-0.05, 0) is 37.6 Å². The summed E-state index contributed by atoms with van der Waals surface area (Å²) in [6, 6.07) is 14.4. The molecule has 1 fully saturated rings. The first-order chi connectivity index (χ1) is 14.1. The molecule has 0 spiro atoms. The van der Waals surface area contributed by atoms with Crippen molar-refractivity contribution in [3.63, 3.8) is 0 Å². The lowest BCUT2D eigenvalue weighted by Gasteiger charge is -2.16. The number of hydrogen-bond acceptors (Lipinski definition) is 3. The van der Waals surface area contributed by atoms with E-state index >= 15 is 0 Å². The molecular formula is C24H27N3O2. The van der Waals surface area contributed by atoms with Crippen LogP contribution in [-0.4, -0.2) is 40.1 Å². The van der Waals surface area contributed by atoms with Crippen LogP contribution in [0.4, 0.5) is 0 Å². The van der Waals surface area contributed by atoms with Crippen LogP contribution in [0.25, 0.3) is 11.0 Å². The van der Waals surface area contributed by atoms with Crippen molar-refractivity contribution in [2.75, 3.05) is 19.7 Å². The molecule has 0 saturated carbocycles. The molecule has 0 N–H and O–H groups in total. The van der Waals surface area contributed by atoms with Crippen LogP contribution in [-0.2, 0) is 11.3 Å². The summed E-state index contributed by atoms with van der Waals surface area (Å²) in [7, 11) is 0. The predicted molar refractivity (Wildman–Crippen MR) is 115 cm³/mol. The normalized spacial score (nSPS) is 16.6. The number of likely N-dealkylation sites (tertiary alicyclic amines) is 1. The number of carbonyl (C=O) groups is 1. The van der Waals surface area contributed by atoms with Crippen LogP contribution >= 0.6 is 0 Å². The molecule has 0 radical (unpaired) electrons. The zero-order valence-corrected chi connectivity index (χ0v) is 17.1. The van der Waals surface area contributed by atoms with Gasteiger partial charge in [-0.15, -0.1) is 6.58 Å². The second-order valence-electron chi connectivity index (χ2n) is 7.72. The van der Waals surface area contributed by atoms with Crippen molar-refractivity contribution in [3.8, 4) is 5.75 Å². The van der Waals surface area contributed by atoms with Crippen molar-refractivity contribution in [1.29, 1.82) is 0 Å². The highest BCUT2D eigenvalue weighted by Crippen LogP contribution is 2.30. The first kappa shape index (κ1) is 19.2. The minimum atomic E-state index is 0.0935. The lowest BCUT2D eigenvalue weighted by atomic mass is 10.1. The number of hydrogen-bond donors (Lipinski definition) is 0. The van der Waals surface area contributed by atoms with Crippen LogP contribution in [0.2, 0.25) is 0 Å². The molecule has 2 heterocycles. The van der Waals surface area contributed by atoms with Gasteiger partial charge in [0, 0.05) is 25.4 Å². The SMILES string of the molecule is C=CCN1C[C@H](c2nc3ccccc3n2CCOc2ccc(C)cc2C)CC1=O. The number of imidazole rings is 1. The maximum absolute atomic E-state index is 12.4. The molecule has 0 bridgehead atoms. The lowest BCUT2D eigenvalue weighted by molar-refractivity contribution is -0.127. The Labute approximate surface area is 171 Å². The second-order valence-corrected chi connectivity index (χ2v) is 7.72. The van der Waals surface area contributed by atoms with Crippen LogP contribution in [0.3, 0.4) is 0 Å². The summed E-state index contributed by atoms with van der Waals surface area (Å²) in [6.45, 7) is 10.4. The number of fused-ring (bicyclic) bond motifs is 1. The van der Waals surface area contributed by atoms with Gasteiger partial charge in [-0.3, -0.25) is 4.79 Å². The van der Waals surface area contributed by atoms with Gasteiger partial charge in [-0.1, -0.05) is 35.9 Å². The fourth-order valence-corrected chi connectivity index (χ4v) is 4.13. The highest BCUT2D eigenvalue weighted by molar-refractivity contribution is 5.81. The summed E-state index contributed by atoms with van der Waals surface area (Å²) in [5.41, 5.74) is 4.42. The summed E-state index contributed by atoms with van der Waals surface area (Å²) in [6.07, 6.45) is 2.27. The molecule has 3 aromatic rings. The molecule has 1 aliphatic heterocycles. The smallest absolute Gasteiger partial charge is 0.223 e. The Morgan fingerprint density at radius 2 is 2.07 bits per heavy atom. The Hall–Kier alpha value is -3.08. The Balaban J connectivity index is 1.57. The molecule has 0 aliphatic carbocycles. The largest absolute Gasteiger partial charge is 0.491 e. The molecule has 5 nitrogen and oxygen atoms in total. The van der Waals surface area contributed by atoms with E-state index in [4.69, 9.17) is 9.72 Å². The third-order valence-corrected chi connectivity index (χ3v) is 5.52. The molecule has 150 valence electrons. The highest BCUT2D eigenvalue weighted by atomic mass is 16.5. The first-order valence-corrected chi connectivity index (χ1v) is 10.1. The van der Waals surface area contributed by atoms with Crippen molar-refractivity contribution in [2.45, 2.75) is 32.7 Å².